The van der Waals surface area contributed by atoms with Crippen LogP contribution >= 0.6 is 15.9 Å². The van der Waals surface area contributed by atoms with Crippen LogP contribution in [0.15, 0.2) is 53.0 Å². The van der Waals surface area contributed by atoms with Crippen molar-refractivity contribution in [1.82, 2.24) is 10.2 Å². The standard InChI is InChI=1S/C20H25BrN2O/c1-24-18-9-6-8-16(13-18)20(23-11-4-5-12-23)15-22-14-17-7-2-3-10-19(17)21/h2-3,6-10,13,20,22H,4-5,11-12,14-15H2,1H3. The quantitative estimate of drug-likeness (QED) is 0.761. The van der Waals surface area contributed by atoms with Crippen molar-refractivity contribution in [1.29, 1.82) is 0 Å². The molecular weight excluding hydrogens is 364 g/mol. The highest BCUT2D eigenvalue weighted by molar-refractivity contribution is 9.10. The van der Waals surface area contributed by atoms with Crippen molar-refractivity contribution in [3.05, 3.63) is 64.1 Å². The lowest BCUT2D eigenvalue weighted by atomic mass is 10.0. The predicted molar refractivity (Wildman–Crippen MR) is 102 cm³/mol. The van der Waals surface area contributed by atoms with Crippen LogP contribution in [0.3, 0.4) is 0 Å². The van der Waals surface area contributed by atoms with E-state index in [4.69, 9.17) is 4.74 Å². The summed E-state index contributed by atoms with van der Waals surface area (Å²) >= 11 is 3.63. The van der Waals surface area contributed by atoms with E-state index in [9.17, 15) is 0 Å². The lowest BCUT2D eigenvalue weighted by molar-refractivity contribution is 0.238. The van der Waals surface area contributed by atoms with E-state index in [2.05, 4.69) is 68.6 Å². The summed E-state index contributed by atoms with van der Waals surface area (Å²) in [5, 5.41) is 3.64. The highest BCUT2D eigenvalue weighted by Crippen LogP contribution is 2.27. The number of likely N-dealkylation sites (tertiary alicyclic amines) is 1. The maximum atomic E-state index is 5.41. The van der Waals surface area contributed by atoms with Crippen LogP contribution in [0.1, 0.15) is 30.0 Å². The highest BCUT2D eigenvalue weighted by atomic mass is 79.9. The van der Waals surface area contributed by atoms with Gasteiger partial charge < -0.3 is 10.1 Å². The molecule has 0 aliphatic carbocycles. The Balaban J connectivity index is 1.69. The molecule has 1 aliphatic rings. The van der Waals surface area contributed by atoms with Crippen LogP contribution in [0.25, 0.3) is 0 Å². The maximum absolute atomic E-state index is 5.41. The van der Waals surface area contributed by atoms with Gasteiger partial charge in [-0.05, 0) is 55.3 Å². The van der Waals surface area contributed by atoms with Crippen molar-refractivity contribution in [2.24, 2.45) is 0 Å². The average molecular weight is 389 g/mol. The number of hydrogen-bond acceptors (Lipinski definition) is 3. The van der Waals surface area contributed by atoms with Gasteiger partial charge in [0.05, 0.1) is 7.11 Å². The number of benzene rings is 2. The molecular formula is C20H25BrN2O. The number of nitrogens with zero attached hydrogens (tertiary/aromatic N) is 1. The van der Waals surface area contributed by atoms with Gasteiger partial charge in [0, 0.05) is 23.6 Å². The fraction of sp³-hybridized carbons (Fsp3) is 0.400. The Morgan fingerprint density at radius 2 is 1.92 bits per heavy atom. The van der Waals surface area contributed by atoms with Gasteiger partial charge in [0.1, 0.15) is 5.75 Å². The van der Waals surface area contributed by atoms with Gasteiger partial charge in [0.15, 0.2) is 0 Å². The fourth-order valence-electron chi connectivity index (χ4n) is 3.35. The van der Waals surface area contributed by atoms with E-state index in [1.165, 1.54) is 37.1 Å². The summed E-state index contributed by atoms with van der Waals surface area (Å²) in [6, 6.07) is 17.3. The molecule has 1 fully saturated rings. The smallest absolute Gasteiger partial charge is 0.119 e. The zero-order valence-corrected chi connectivity index (χ0v) is 15.8. The first-order chi connectivity index (χ1) is 11.8. The molecule has 1 saturated heterocycles. The molecule has 4 heteroatoms. The zero-order chi connectivity index (χ0) is 16.8. The van der Waals surface area contributed by atoms with Gasteiger partial charge in [-0.25, -0.2) is 0 Å². The molecule has 0 radical (unpaired) electrons. The van der Waals surface area contributed by atoms with E-state index in [1.807, 2.05) is 6.07 Å². The van der Waals surface area contributed by atoms with Gasteiger partial charge in [-0.1, -0.05) is 46.3 Å². The minimum absolute atomic E-state index is 0.394. The van der Waals surface area contributed by atoms with Crippen LogP contribution < -0.4 is 10.1 Å². The first kappa shape index (κ1) is 17.5. The highest BCUT2D eigenvalue weighted by Gasteiger charge is 2.23. The monoisotopic (exact) mass is 388 g/mol. The van der Waals surface area contributed by atoms with Crippen LogP contribution in [-0.4, -0.2) is 31.6 Å². The molecule has 2 aromatic rings. The van der Waals surface area contributed by atoms with Gasteiger partial charge in [0.2, 0.25) is 0 Å². The van der Waals surface area contributed by atoms with Gasteiger partial charge in [-0.3, -0.25) is 4.90 Å². The summed E-state index contributed by atoms with van der Waals surface area (Å²) in [6.45, 7) is 4.17. The van der Waals surface area contributed by atoms with Gasteiger partial charge in [-0.15, -0.1) is 0 Å². The Hall–Kier alpha value is -1.36. The summed E-state index contributed by atoms with van der Waals surface area (Å²) in [4.78, 5) is 2.59. The summed E-state index contributed by atoms with van der Waals surface area (Å²) in [5.74, 6) is 0.933. The minimum Gasteiger partial charge on any atom is -0.497 e. The van der Waals surface area contributed by atoms with Gasteiger partial charge >= 0.3 is 0 Å². The molecule has 1 aliphatic heterocycles. The summed E-state index contributed by atoms with van der Waals surface area (Å²) in [5.41, 5.74) is 2.62. The molecule has 1 N–H and O–H groups in total. The molecule has 1 atom stereocenters. The Labute approximate surface area is 153 Å². The second-order valence-corrected chi connectivity index (χ2v) is 7.11. The average Bonchev–Trinajstić information content (AvgIpc) is 3.14. The molecule has 128 valence electrons. The minimum atomic E-state index is 0.394. The van der Waals surface area contributed by atoms with E-state index in [1.54, 1.807) is 7.11 Å². The second-order valence-electron chi connectivity index (χ2n) is 6.26. The van der Waals surface area contributed by atoms with Crippen molar-refractivity contribution in [3.8, 4) is 5.75 Å². The van der Waals surface area contributed by atoms with Crippen molar-refractivity contribution < 1.29 is 4.74 Å². The number of ether oxygens (including phenoxy) is 1. The number of nitrogens with one attached hydrogen (secondary N) is 1. The lowest BCUT2D eigenvalue weighted by Crippen LogP contribution is -2.34. The van der Waals surface area contributed by atoms with Crippen molar-refractivity contribution in [2.75, 3.05) is 26.7 Å². The summed E-state index contributed by atoms with van der Waals surface area (Å²) in [6.07, 6.45) is 2.59. The number of hydrogen-bond donors (Lipinski definition) is 1. The number of rotatable bonds is 7. The molecule has 0 saturated carbocycles. The van der Waals surface area contributed by atoms with Crippen LogP contribution in [-0.2, 0) is 6.54 Å². The zero-order valence-electron chi connectivity index (χ0n) is 14.2. The molecule has 24 heavy (non-hydrogen) atoms. The lowest BCUT2D eigenvalue weighted by Gasteiger charge is -2.28. The third kappa shape index (κ3) is 4.38. The fourth-order valence-corrected chi connectivity index (χ4v) is 3.77. The number of halogens is 1. The Kier molecular flexibility index (Phi) is 6.30. The van der Waals surface area contributed by atoms with Crippen LogP contribution in [0.2, 0.25) is 0 Å². The van der Waals surface area contributed by atoms with Crippen LogP contribution in [0, 0.1) is 0 Å². The summed E-state index contributed by atoms with van der Waals surface area (Å²) in [7, 11) is 1.73. The molecule has 0 bridgehead atoms. The van der Waals surface area contributed by atoms with E-state index >= 15 is 0 Å². The third-order valence-electron chi connectivity index (χ3n) is 4.67. The summed E-state index contributed by atoms with van der Waals surface area (Å²) < 4.78 is 6.58. The van der Waals surface area contributed by atoms with Crippen LogP contribution in [0.4, 0.5) is 0 Å². The molecule has 1 heterocycles. The molecule has 0 spiro atoms. The van der Waals surface area contributed by atoms with E-state index in [0.29, 0.717) is 6.04 Å². The van der Waals surface area contributed by atoms with Crippen molar-refractivity contribution >= 4 is 15.9 Å². The molecule has 3 nitrogen and oxygen atoms in total. The molecule has 1 unspecified atom stereocenters. The maximum Gasteiger partial charge on any atom is 0.119 e. The first-order valence-electron chi connectivity index (χ1n) is 8.60. The Bertz CT molecular complexity index is 656. The predicted octanol–water partition coefficient (Wildman–Crippen LogP) is 4.38. The second kappa shape index (κ2) is 8.65. The van der Waals surface area contributed by atoms with E-state index in [0.717, 1.165) is 23.3 Å². The topological polar surface area (TPSA) is 24.5 Å². The third-order valence-corrected chi connectivity index (χ3v) is 5.44. The molecule has 2 aromatic carbocycles. The largest absolute Gasteiger partial charge is 0.497 e. The Morgan fingerprint density at radius 1 is 1.12 bits per heavy atom. The SMILES string of the molecule is COc1cccc(C(CNCc2ccccc2Br)N2CCCC2)c1. The van der Waals surface area contributed by atoms with E-state index in [-0.39, 0.29) is 0 Å². The van der Waals surface area contributed by atoms with Gasteiger partial charge in [-0.2, -0.15) is 0 Å². The number of methoxy groups -OCH3 is 1. The van der Waals surface area contributed by atoms with Crippen LogP contribution in [0.5, 0.6) is 5.75 Å². The first-order valence-corrected chi connectivity index (χ1v) is 9.39. The molecule has 0 amide bonds. The normalized spacial score (nSPS) is 16.2. The van der Waals surface area contributed by atoms with Crippen molar-refractivity contribution in [3.63, 3.8) is 0 Å². The Morgan fingerprint density at radius 3 is 2.67 bits per heavy atom. The molecule has 0 aromatic heterocycles. The molecule has 3 rings (SSSR count). The van der Waals surface area contributed by atoms with Crippen molar-refractivity contribution in [2.45, 2.75) is 25.4 Å². The van der Waals surface area contributed by atoms with E-state index < -0.39 is 0 Å². The van der Waals surface area contributed by atoms with Gasteiger partial charge in [0.25, 0.3) is 0 Å².